The lowest BCUT2D eigenvalue weighted by Gasteiger charge is -2.16. The number of hydrogen-bond donors (Lipinski definition) is 1. The van der Waals surface area contributed by atoms with Gasteiger partial charge in [-0.3, -0.25) is 0 Å². The fourth-order valence-corrected chi connectivity index (χ4v) is 2.88. The Bertz CT molecular complexity index is 850. The average molecular weight is 360 g/mol. The van der Waals surface area contributed by atoms with E-state index in [4.69, 9.17) is 15.1 Å². The monoisotopic (exact) mass is 360 g/mol. The highest BCUT2D eigenvalue weighted by Crippen LogP contribution is 2.26. The van der Waals surface area contributed by atoms with Gasteiger partial charge in [0.05, 0.1) is 12.9 Å². The van der Waals surface area contributed by atoms with Gasteiger partial charge >= 0.3 is 0 Å². The van der Waals surface area contributed by atoms with E-state index >= 15 is 0 Å². The Morgan fingerprint density at radius 1 is 1.20 bits per heavy atom. The van der Waals surface area contributed by atoms with Crippen LogP contribution < -0.4 is 10.6 Å². The minimum atomic E-state index is -0.172. The molecule has 9 heteroatoms. The van der Waals surface area contributed by atoms with Crippen LogP contribution in [0.25, 0.3) is 11.5 Å². The van der Waals surface area contributed by atoms with E-state index in [2.05, 4.69) is 20.3 Å². The molecule has 0 aliphatic carbocycles. The number of aromatic nitrogens is 5. The largest absolute Gasteiger partial charge is 0.497 e. The molecule has 0 fully saturated rings. The molecular formula is C16H20N6O2S. The second-order valence-electron chi connectivity index (χ2n) is 6.46. The molecular weight excluding hydrogens is 340 g/mol. The molecule has 0 unspecified atom stereocenters. The Kier molecular flexibility index (Phi) is 4.67. The Balaban J connectivity index is 1.69. The van der Waals surface area contributed by atoms with Crippen LogP contribution in [-0.4, -0.2) is 32.1 Å². The van der Waals surface area contributed by atoms with Crippen LogP contribution >= 0.6 is 11.8 Å². The van der Waals surface area contributed by atoms with Crippen LogP contribution in [0.5, 0.6) is 5.75 Å². The molecule has 3 rings (SSSR count). The second kappa shape index (κ2) is 6.75. The highest BCUT2D eigenvalue weighted by molar-refractivity contribution is 7.98. The van der Waals surface area contributed by atoms with Gasteiger partial charge in [-0.2, -0.15) is 4.98 Å². The predicted molar refractivity (Wildman–Crippen MR) is 94.7 cm³/mol. The van der Waals surface area contributed by atoms with Crippen molar-refractivity contribution in [1.82, 2.24) is 25.0 Å². The predicted octanol–water partition coefficient (Wildman–Crippen LogP) is 2.64. The second-order valence-corrected chi connectivity index (χ2v) is 7.40. The van der Waals surface area contributed by atoms with Gasteiger partial charge in [0.1, 0.15) is 5.75 Å². The average Bonchev–Trinajstić information content (AvgIpc) is 3.19. The molecule has 1 aromatic carbocycles. The Hall–Kier alpha value is -2.55. The third-order valence-electron chi connectivity index (χ3n) is 3.47. The van der Waals surface area contributed by atoms with Gasteiger partial charge in [0.15, 0.2) is 11.6 Å². The molecule has 0 amide bonds. The van der Waals surface area contributed by atoms with Crippen molar-refractivity contribution in [2.24, 2.45) is 0 Å². The molecule has 0 aliphatic rings. The minimum absolute atomic E-state index is 0.172. The zero-order valence-corrected chi connectivity index (χ0v) is 15.4. The number of benzene rings is 1. The summed E-state index contributed by atoms with van der Waals surface area (Å²) in [7, 11) is 1.62. The third kappa shape index (κ3) is 3.76. The van der Waals surface area contributed by atoms with Gasteiger partial charge in [-0.05, 0) is 24.3 Å². The number of nitrogens with zero attached hydrogens (tertiary/aromatic N) is 5. The number of nitrogen functional groups attached to an aromatic ring is 1. The maximum atomic E-state index is 6.07. The molecule has 2 aromatic heterocycles. The first kappa shape index (κ1) is 17.3. The molecule has 25 heavy (non-hydrogen) atoms. The van der Waals surface area contributed by atoms with Crippen molar-refractivity contribution in [2.45, 2.75) is 37.1 Å². The Morgan fingerprint density at radius 2 is 1.92 bits per heavy atom. The van der Waals surface area contributed by atoms with E-state index in [0.717, 1.165) is 17.1 Å². The fraction of sp³-hybridized carbons (Fsp3) is 0.375. The number of rotatable bonds is 5. The smallest absolute Gasteiger partial charge is 0.257 e. The van der Waals surface area contributed by atoms with E-state index in [1.165, 1.54) is 16.4 Å². The highest BCUT2D eigenvalue weighted by Gasteiger charge is 2.23. The molecule has 0 aliphatic heterocycles. The van der Waals surface area contributed by atoms with Gasteiger partial charge in [0.2, 0.25) is 5.16 Å². The SMILES string of the molecule is COc1ccc(-c2nc(CSc3nnc(C(C)(C)C)n3N)no2)cc1. The van der Waals surface area contributed by atoms with Crippen LogP contribution in [0.2, 0.25) is 0 Å². The van der Waals surface area contributed by atoms with Gasteiger partial charge in [-0.1, -0.05) is 37.7 Å². The lowest BCUT2D eigenvalue weighted by Crippen LogP contribution is -2.24. The molecule has 0 bridgehead atoms. The quantitative estimate of drug-likeness (QED) is 0.547. The lowest BCUT2D eigenvalue weighted by molar-refractivity contribution is 0.414. The molecule has 8 nitrogen and oxygen atoms in total. The van der Waals surface area contributed by atoms with Gasteiger partial charge in [-0.25, -0.2) is 4.68 Å². The van der Waals surface area contributed by atoms with Crippen molar-refractivity contribution in [3.63, 3.8) is 0 Å². The molecule has 0 saturated heterocycles. The summed E-state index contributed by atoms with van der Waals surface area (Å²) < 4.78 is 12.0. The van der Waals surface area contributed by atoms with E-state index in [9.17, 15) is 0 Å². The number of ether oxygens (including phenoxy) is 1. The molecule has 0 spiro atoms. The number of nitrogens with two attached hydrogens (primary N) is 1. The van der Waals surface area contributed by atoms with E-state index in [0.29, 0.717) is 22.6 Å². The van der Waals surface area contributed by atoms with E-state index in [1.54, 1.807) is 7.11 Å². The van der Waals surface area contributed by atoms with Gasteiger partial charge in [0, 0.05) is 11.0 Å². The zero-order chi connectivity index (χ0) is 18.0. The summed E-state index contributed by atoms with van der Waals surface area (Å²) in [6, 6.07) is 7.43. The molecule has 132 valence electrons. The molecule has 2 N–H and O–H groups in total. The van der Waals surface area contributed by atoms with E-state index < -0.39 is 0 Å². The summed E-state index contributed by atoms with van der Waals surface area (Å²) >= 11 is 1.41. The third-order valence-corrected chi connectivity index (χ3v) is 4.41. The van der Waals surface area contributed by atoms with Crippen LogP contribution in [0.3, 0.4) is 0 Å². The first-order valence-corrected chi connectivity index (χ1v) is 8.68. The van der Waals surface area contributed by atoms with E-state index in [-0.39, 0.29) is 5.41 Å². The number of thioether (sulfide) groups is 1. The topological polar surface area (TPSA) is 105 Å². The summed E-state index contributed by atoms with van der Waals surface area (Å²) in [4.78, 5) is 4.40. The highest BCUT2D eigenvalue weighted by atomic mass is 32.2. The zero-order valence-electron chi connectivity index (χ0n) is 14.6. The summed E-state index contributed by atoms with van der Waals surface area (Å²) in [6.07, 6.45) is 0. The van der Waals surface area contributed by atoms with Crippen molar-refractivity contribution in [2.75, 3.05) is 13.0 Å². The van der Waals surface area contributed by atoms with Crippen molar-refractivity contribution in [3.05, 3.63) is 35.9 Å². The van der Waals surface area contributed by atoms with E-state index in [1.807, 2.05) is 45.0 Å². The first-order valence-electron chi connectivity index (χ1n) is 7.69. The maximum absolute atomic E-state index is 6.07. The molecule has 0 atom stereocenters. The molecule has 2 heterocycles. The molecule has 0 radical (unpaired) electrons. The molecule has 0 saturated carbocycles. The number of hydrogen-bond acceptors (Lipinski definition) is 8. The summed E-state index contributed by atoms with van der Waals surface area (Å²) in [6.45, 7) is 6.11. The standard InChI is InChI=1S/C16H20N6O2S/c1-16(2,3)14-19-20-15(22(14)17)25-9-12-18-13(24-21-12)10-5-7-11(23-4)8-6-10/h5-8H,9,17H2,1-4H3. The lowest BCUT2D eigenvalue weighted by atomic mass is 9.96. The van der Waals surface area contributed by atoms with Crippen molar-refractivity contribution >= 4 is 11.8 Å². The minimum Gasteiger partial charge on any atom is -0.497 e. The Morgan fingerprint density at radius 3 is 2.52 bits per heavy atom. The van der Waals surface area contributed by atoms with Crippen LogP contribution in [0.15, 0.2) is 33.9 Å². The Labute approximate surface area is 149 Å². The summed E-state index contributed by atoms with van der Waals surface area (Å²) in [5.41, 5.74) is 0.662. The first-order chi connectivity index (χ1) is 11.9. The van der Waals surface area contributed by atoms with Gasteiger partial charge in [-0.15, -0.1) is 10.2 Å². The number of methoxy groups -OCH3 is 1. The van der Waals surface area contributed by atoms with Crippen molar-refractivity contribution in [1.29, 1.82) is 0 Å². The van der Waals surface area contributed by atoms with Crippen LogP contribution in [0.4, 0.5) is 0 Å². The van der Waals surface area contributed by atoms with Gasteiger partial charge < -0.3 is 15.1 Å². The van der Waals surface area contributed by atoms with Crippen LogP contribution in [0.1, 0.15) is 32.4 Å². The van der Waals surface area contributed by atoms with Crippen molar-refractivity contribution < 1.29 is 9.26 Å². The van der Waals surface area contributed by atoms with Crippen molar-refractivity contribution in [3.8, 4) is 17.2 Å². The fourth-order valence-electron chi connectivity index (χ4n) is 2.18. The van der Waals surface area contributed by atoms with Gasteiger partial charge in [0.25, 0.3) is 5.89 Å². The summed E-state index contributed by atoms with van der Waals surface area (Å²) in [5.74, 6) is 9.08. The molecule has 3 aromatic rings. The maximum Gasteiger partial charge on any atom is 0.257 e. The normalized spacial score (nSPS) is 11.7. The van der Waals surface area contributed by atoms with Crippen LogP contribution in [-0.2, 0) is 11.2 Å². The van der Waals surface area contributed by atoms with Crippen LogP contribution in [0, 0.1) is 0 Å². The summed E-state index contributed by atoms with van der Waals surface area (Å²) in [5, 5.41) is 12.9.